The molecule has 0 fully saturated rings. The molecule has 3 aromatic carbocycles. The highest BCUT2D eigenvalue weighted by atomic mass is 16.4. The Morgan fingerprint density at radius 3 is 2.00 bits per heavy atom. The molecular formula is C23H16N2O3. The number of fused-ring (bicyclic) bond motifs is 1. The van der Waals surface area contributed by atoms with Gasteiger partial charge in [0.25, 0.3) is 5.91 Å². The molecule has 0 aliphatic carbocycles. The molecule has 0 aliphatic heterocycles. The second kappa shape index (κ2) is 7.72. The number of nitrogens with one attached hydrogen (secondary N) is 1. The van der Waals surface area contributed by atoms with Gasteiger partial charge in [-0.05, 0) is 12.1 Å². The van der Waals surface area contributed by atoms with Gasteiger partial charge in [-0.1, -0.05) is 78.9 Å². The third-order valence-electron chi connectivity index (χ3n) is 4.25. The van der Waals surface area contributed by atoms with E-state index >= 15 is 0 Å². The fourth-order valence-electron chi connectivity index (χ4n) is 2.87. The van der Waals surface area contributed by atoms with Crippen molar-refractivity contribution in [2.24, 2.45) is 5.10 Å². The molecule has 1 N–H and O–H groups in total. The molecule has 5 heteroatoms. The third kappa shape index (κ3) is 3.59. The molecule has 0 radical (unpaired) electrons. The number of hydrogen-bond acceptors (Lipinski definition) is 4. The van der Waals surface area contributed by atoms with E-state index in [9.17, 15) is 9.59 Å². The van der Waals surface area contributed by atoms with Gasteiger partial charge in [0, 0.05) is 16.5 Å². The van der Waals surface area contributed by atoms with Crippen LogP contribution in [0, 0.1) is 0 Å². The highest BCUT2D eigenvalue weighted by molar-refractivity contribution is 6.13. The second-order valence-electron chi connectivity index (χ2n) is 6.12. The van der Waals surface area contributed by atoms with Crippen molar-refractivity contribution in [2.45, 2.75) is 0 Å². The highest BCUT2D eigenvalue weighted by Gasteiger charge is 2.14. The number of carbonyl (C=O) groups is 1. The van der Waals surface area contributed by atoms with Crippen molar-refractivity contribution >= 4 is 22.6 Å². The number of carbonyl (C=O) groups excluding carboxylic acids is 1. The Labute approximate surface area is 161 Å². The van der Waals surface area contributed by atoms with Crippen molar-refractivity contribution in [3.63, 3.8) is 0 Å². The van der Waals surface area contributed by atoms with Gasteiger partial charge in [-0.2, -0.15) is 5.10 Å². The summed E-state index contributed by atoms with van der Waals surface area (Å²) in [4.78, 5) is 24.8. The fraction of sp³-hybridized carbons (Fsp3) is 0. The van der Waals surface area contributed by atoms with Crippen LogP contribution in [0.25, 0.3) is 11.0 Å². The zero-order chi connectivity index (χ0) is 19.3. The lowest BCUT2D eigenvalue weighted by molar-refractivity contribution is 0.0951. The summed E-state index contributed by atoms with van der Waals surface area (Å²) in [5.41, 5.74) is 4.42. The normalized spacial score (nSPS) is 10.4. The standard InChI is InChI=1S/C23H16N2O3/c26-22(19-15-18-13-7-8-14-20(18)28-23(19)27)25-24-21(16-9-3-1-4-10-16)17-11-5-2-6-12-17/h1-15H,(H,25,26). The first-order valence-corrected chi connectivity index (χ1v) is 8.74. The molecule has 1 aromatic heterocycles. The van der Waals surface area contributed by atoms with Crippen LogP contribution >= 0.6 is 0 Å². The predicted octanol–water partition coefficient (Wildman–Crippen LogP) is 3.98. The summed E-state index contributed by atoms with van der Waals surface area (Å²) in [7, 11) is 0. The number of hydrazone groups is 1. The summed E-state index contributed by atoms with van der Waals surface area (Å²) in [6, 6.07) is 27.6. The van der Waals surface area contributed by atoms with Crippen LogP contribution in [-0.4, -0.2) is 11.6 Å². The van der Waals surface area contributed by atoms with Crippen LogP contribution < -0.4 is 11.1 Å². The number of rotatable bonds is 4. The van der Waals surface area contributed by atoms with E-state index in [1.165, 1.54) is 6.07 Å². The van der Waals surface area contributed by atoms with Crippen LogP contribution in [0.4, 0.5) is 0 Å². The SMILES string of the molecule is O=C(NN=C(c1ccccc1)c1ccccc1)c1cc2ccccc2oc1=O. The minimum Gasteiger partial charge on any atom is -0.422 e. The molecule has 0 unspecified atom stereocenters. The second-order valence-corrected chi connectivity index (χ2v) is 6.12. The average molecular weight is 368 g/mol. The van der Waals surface area contributed by atoms with Gasteiger partial charge in [0.05, 0.1) is 5.71 Å². The molecule has 0 saturated heterocycles. The van der Waals surface area contributed by atoms with E-state index in [2.05, 4.69) is 10.5 Å². The van der Waals surface area contributed by atoms with E-state index in [4.69, 9.17) is 4.42 Å². The quantitative estimate of drug-likeness (QED) is 0.336. The summed E-state index contributed by atoms with van der Waals surface area (Å²) in [5.74, 6) is -0.621. The van der Waals surface area contributed by atoms with Gasteiger partial charge < -0.3 is 4.42 Å². The Bertz CT molecular complexity index is 1170. The first-order valence-electron chi connectivity index (χ1n) is 8.74. The fourth-order valence-corrected chi connectivity index (χ4v) is 2.87. The van der Waals surface area contributed by atoms with Crippen molar-refractivity contribution < 1.29 is 9.21 Å². The van der Waals surface area contributed by atoms with Crippen molar-refractivity contribution in [2.75, 3.05) is 0 Å². The van der Waals surface area contributed by atoms with Crippen LogP contribution in [0.5, 0.6) is 0 Å². The summed E-state index contributed by atoms with van der Waals surface area (Å²) >= 11 is 0. The van der Waals surface area contributed by atoms with Gasteiger partial charge in [-0.25, -0.2) is 10.2 Å². The monoisotopic (exact) mass is 368 g/mol. The molecule has 0 aliphatic rings. The van der Waals surface area contributed by atoms with Crippen LogP contribution in [0.15, 0.2) is 105 Å². The number of para-hydroxylation sites is 1. The molecule has 0 bridgehead atoms. The highest BCUT2D eigenvalue weighted by Crippen LogP contribution is 2.13. The Balaban J connectivity index is 1.70. The Morgan fingerprint density at radius 1 is 0.786 bits per heavy atom. The molecule has 1 heterocycles. The summed E-state index contributed by atoms with van der Waals surface area (Å²) < 4.78 is 5.23. The molecule has 0 atom stereocenters. The first-order chi connectivity index (χ1) is 13.7. The number of nitrogens with zero attached hydrogens (tertiary/aromatic N) is 1. The van der Waals surface area contributed by atoms with Crippen LogP contribution in [0.3, 0.4) is 0 Å². The Morgan fingerprint density at radius 2 is 1.36 bits per heavy atom. The third-order valence-corrected chi connectivity index (χ3v) is 4.25. The topological polar surface area (TPSA) is 71.7 Å². The van der Waals surface area contributed by atoms with Crippen LogP contribution in [0.2, 0.25) is 0 Å². The minimum atomic E-state index is -0.702. The van der Waals surface area contributed by atoms with Gasteiger partial charge in [0.15, 0.2) is 0 Å². The smallest absolute Gasteiger partial charge is 0.349 e. The van der Waals surface area contributed by atoms with Gasteiger partial charge in [0.2, 0.25) is 0 Å². The molecule has 28 heavy (non-hydrogen) atoms. The Hall–Kier alpha value is -3.99. The number of benzene rings is 3. The van der Waals surface area contributed by atoms with Gasteiger partial charge in [-0.15, -0.1) is 0 Å². The Kier molecular flexibility index (Phi) is 4.80. The van der Waals surface area contributed by atoms with Crippen LogP contribution in [0.1, 0.15) is 21.5 Å². The number of amides is 1. The van der Waals surface area contributed by atoms with E-state index in [0.717, 1.165) is 11.1 Å². The molecular weight excluding hydrogens is 352 g/mol. The molecule has 0 spiro atoms. The molecule has 0 saturated carbocycles. The van der Waals surface area contributed by atoms with Gasteiger partial charge in [-0.3, -0.25) is 4.79 Å². The van der Waals surface area contributed by atoms with Crippen molar-refractivity contribution in [1.29, 1.82) is 0 Å². The van der Waals surface area contributed by atoms with Crippen molar-refractivity contribution in [3.8, 4) is 0 Å². The zero-order valence-electron chi connectivity index (χ0n) is 14.8. The maximum absolute atomic E-state index is 12.6. The summed E-state index contributed by atoms with van der Waals surface area (Å²) in [6.07, 6.45) is 0. The first kappa shape index (κ1) is 17.4. The minimum absolute atomic E-state index is 0.0945. The van der Waals surface area contributed by atoms with Crippen molar-refractivity contribution in [1.82, 2.24) is 5.43 Å². The maximum atomic E-state index is 12.6. The molecule has 4 rings (SSSR count). The molecule has 1 amide bonds. The van der Waals surface area contributed by atoms with E-state index < -0.39 is 11.5 Å². The molecule has 5 nitrogen and oxygen atoms in total. The van der Waals surface area contributed by atoms with E-state index in [0.29, 0.717) is 16.7 Å². The van der Waals surface area contributed by atoms with Crippen molar-refractivity contribution in [3.05, 3.63) is 118 Å². The lowest BCUT2D eigenvalue weighted by Gasteiger charge is -2.08. The molecule has 136 valence electrons. The molecule has 4 aromatic rings. The zero-order valence-corrected chi connectivity index (χ0v) is 14.8. The van der Waals surface area contributed by atoms with E-state index in [1.807, 2.05) is 66.7 Å². The predicted molar refractivity (Wildman–Crippen MR) is 108 cm³/mol. The maximum Gasteiger partial charge on any atom is 0.349 e. The van der Waals surface area contributed by atoms with E-state index in [-0.39, 0.29) is 5.56 Å². The summed E-state index contributed by atoms with van der Waals surface area (Å²) in [6.45, 7) is 0. The lowest BCUT2D eigenvalue weighted by atomic mass is 10.0. The lowest BCUT2D eigenvalue weighted by Crippen LogP contribution is -2.26. The van der Waals surface area contributed by atoms with Gasteiger partial charge >= 0.3 is 5.63 Å². The van der Waals surface area contributed by atoms with Gasteiger partial charge in [0.1, 0.15) is 11.1 Å². The number of hydrogen-bond donors (Lipinski definition) is 1. The largest absolute Gasteiger partial charge is 0.422 e. The summed E-state index contributed by atoms with van der Waals surface area (Å²) in [5, 5.41) is 4.97. The van der Waals surface area contributed by atoms with Crippen LogP contribution in [-0.2, 0) is 0 Å². The average Bonchev–Trinajstić information content (AvgIpc) is 2.75. The van der Waals surface area contributed by atoms with E-state index in [1.54, 1.807) is 18.2 Å².